The van der Waals surface area contributed by atoms with Crippen molar-refractivity contribution in [1.82, 2.24) is 0 Å². The van der Waals surface area contributed by atoms with Crippen molar-refractivity contribution in [3.63, 3.8) is 0 Å². The molecule has 0 unspecified atom stereocenters. The molecule has 0 amide bonds. The molecule has 0 rings (SSSR count). The van der Waals surface area contributed by atoms with E-state index in [4.69, 9.17) is 24.1 Å². The molecule has 0 bridgehead atoms. The van der Waals surface area contributed by atoms with Gasteiger partial charge in [-0.05, 0) is 13.3 Å². The van der Waals surface area contributed by atoms with Gasteiger partial charge in [0.2, 0.25) is 0 Å². The highest BCUT2D eigenvalue weighted by Gasteiger charge is 2.09. The second-order valence-corrected chi connectivity index (χ2v) is 4.04. The summed E-state index contributed by atoms with van der Waals surface area (Å²) in [5.41, 5.74) is 0. The summed E-state index contributed by atoms with van der Waals surface area (Å²) in [4.78, 5) is 10.4. The molecule has 0 spiro atoms. The van der Waals surface area contributed by atoms with E-state index in [-0.39, 0.29) is 6.61 Å². The molecule has 6 heteroatoms. The molecule has 0 aliphatic rings. The lowest BCUT2D eigenvalue weighted by Crippen LogP contribution is -2.22. The molecular weight excluding hydrogens is 252 g/mol. The monoisotopic (exact) mass is 278 g/mol. The van der Waals surface area contributed by atoms with Gasteiger partial charge in [0, 0.05) is 6.61 Å². The molecule has 0 saturated carbocycles. The highest BCUT2D eigenvalue weighted by Crippen LogP contribution is 1.91. The predicted octanol–water partition coefficient (Wildman–Crippen LogP) is 1.33. The van der Waals surface area contributed by atoms with Crippen molar-refractivity contribution >= 4 is 5.97 Å². The molecule has 0 saturated heterocycles. The molecule has 0 aromatic heterocycles. The number of rotatable bonds is 14. The topological polar surface area (TPSA) is 74.2 Å². The summed E-state index contributed by atoms with van der Waals surface area (Å²) in [5.74, 6) is -0.966. The lowest BCUT2D eigenvalue weighted by molar-refractivity contribution is -0.150. The summed E-state index contributed by atoms with van der Waals surface area (Å²) in [7, 11) is 0. The maximum atomic E-state index is 10.4. The normalized spacial score (nSPS) is 12.5. The molecule has 1 N–H and O–H groups in total. The molecule has 0 heterocycles. The fourth-order valence-electron chi connectivity index (χ4n) is 1.14. The van der Waals surface area contributed by atoms with E-state index in [0.29, 0.717) is 33.0 Å². The van der Waals surface area contributed by atoms with Crippen LogP contribution in [-0.4, -0.2) is 63.4 Å². The lowest BCUT2D eigenvalue weighted by Gasteiger charge is -2.09. The van der Waals surface area contributed by atoms with E-state index in [1.165, 1.54) is 6.92 Å². The van der Waals surface area contributed by atoms with Crippen LogP contribution in [0.1, 0.15) is 26.7 Å². The minimum atomic E-state index is -0.966. The largest absolute Gasteiger partial charge is 0.479 e. The number of hydrogen-bond acceptors (Lipinski definition) is 5. The smallest absolute Gasteiger partial charge is 0.332 e. The maximum absolute atomic E-state index is 10.4. The quantitative estimate of drug-likeness (QED) is 0.483. The lowest BCUT2D eigenvalue weighted by atomic mass is 10.4. The SMILES string of the molecule is CCCCOCCOCCOCCO[C@@H](C)C(=O)O. The van der Waals surface area contributed by atoms with Crippen LogP contribution in [0.4, 0.5) is 0 Å². The van der Waals surface area contributed by atoms with Gasteiger partial charge in [-0.1, -0.05) is 13.3 Å². The van der Waals surface area contributed by atoms with Crippen LogP contribution in [0.2, 0.25) is 0 Å². The van der Waals surface area contributed by atoms with E-state index < -0.39 is 12.1 Å². The molecule has 19 heavy (non-hydrogen) atoms. The van der Waals surface area contributed by atoms with Crippen molar-refractivity contribution in [3.05, 3.63) is 0 Å². The Labute approximate surface area is 115 Å². The average molecular weight is 278 g/mol. The van der Waals surface area contributed by atoms with Gasteiger partial charge in [0.1, 0.15) is 0 Å². The van der Waals surface area contributed by atoms with Gasteiger partial charge >= 0.3 is 5.97 Å². The third-order valence-electron chi connectivity index (χ3n) is 2.33. The van der Waals surface area contributed by atoms with E-state index in [2.05, 4.69) is 6.92 Å². The zero-order chi connectivity index (χ0) is 14.3. The molecule has 0 radical (unpaired) electrons. The first kappa shape index (κ1) is 18.3. The van der Waals surface area contributed by atoms with Gasteiger partial charge in [0.25, 0.3) is 0 Å². The molecule has 0 fully saturated rings. The summed E-state index contributed by atoms with van der Waals surface area (Å²) >= 11 is 0. The number of hydrogen-bond donors (Lipinski definition) is 1. The number of unbranched alkanes of at least 4 members (excludes halogenated alkanes) is 1. The highest BCUT2D eigenvalue weighted by molar-refractivity contribution is 5.71. The Hall–Kier alpha value is -0.690. The predicted molar refractivity (Wildman–Crippen MR) is 70.4 cm³/mol. The third-order valence-corrected chi connectivity index (χ3v) is 2.33. The molecule has 0 aromatic rings. The van der Waals surface area contributed by atoms with Crippen molar-refractivity contribution in [2.75, 3.05) is 46.2 Å². The molecular formula is C13H26O6. The van der Waals surface area contributed by atoms with Crippen LogP contribution in [0.25, 0.3) is 0 Å². The van der Waals surface area contributed by atoms with E-state index in [1.807, 2.05) is 0 Å². The average Bonchev–Trinajstić information content (AvgIpc) is 2.39. The first-order valence-corrected chi connectivity index (χ1v) is 6.76. The van der Waals surface area contributed by atoms with Gasteiger partial charge in [0.05, 0.1) is 39.6 Å². The fraction of sp³-hybridized carbons (Fsp3) is 0.923. The molecule has 6 nitrogen and oxygen atoms in total. The molecule has 0 aliphatic carbocycles. The number of carbonyl (C=O) groups is 1. The number of carboxylic acids is 1. The summed E-state index contributed by atoms with van der Waals surface area (Å²) in [6.45, 7) is 7.20. The van der Waals surface area contributed by atoms with Crippen LogP contribution in [0.3, 0.4) is 0 Å². The van der Waals surface area contributed by atoms with Crippen LogP contribution in [0.5, 0.6) is 0 Å². The number of aliphatic carboxylic acids is 1. The standard InChI is InChI=1S/C13H26O6/c1-3-4-5-16-6-7-17-8-9-18-10-11-19-12(2)13(14)15/h12H,3-11H2,1-2H3,(H,14,15)/t12-/m0/s1. The van der Waals surface area contributed by atoms with Gasteiger partial charge in [-0.15, -0.1) is 0 Å². The zero-order valence-electron chi connectivity index (χ0n) is 11.9. The van der Waals surface area contributed by atoms with Gasteiger partial charge < -0.3 is 24.1 Å². The van der Waals surface area contributed by atoms with E-state index in [9.17, 15) is 4.79 Å². The molecule has 0 aromatic carbocycles. The van der Waals surface area contributed by atoms with Crippen LogP contribution < -0.4 is 0 Å². The second-order valence-electron chi connectivity index (χ2n) is 4.04. The Morgan fingerprint density at radius 2 is 1.42 bits per heavy atom. The minimum absolute atomic E-state index is 0.271. The van der Waals surface area contributed by atoms with Gasteiger partial charge in [-0.2, -0.15) is 0 Å². The molecule has 1 atom stereocenters. The van der Waals surface area contributed by atoms with Crippen LogP contribution >= 0.6 is 0 Å². The van der Waals surface area contributed by atoms with Crippen LogP contribution in [0, 0.1) is 0 Å². The van der Waals surface area contributed by atoms with Crippen molar-refractivity contribution < 1.29 is 28.8 Å². The number of carboxylic acid groups (broad SMARTS) is 1. The maximum Gasteiger partial charge on any atom is 0.332 e. The van der Waals surface area contributed by atoms with Crippen LogP contribution in [0.15, 0.2) is 0 Å². The fourth-order valence-corrected chi connectivity index (χ4v) is 1.14. The first-order chi connectivity index (χ1) is 9.18. The summed E-state index contributed by atoms with van der Waals surface area (Å²) in [6, 6.07) is 0. The Balaban J connectivity index is 3.05. The van der Waals surface area contributed by atoms with Gasteiger partial charge in [0.15, 0.2) is 6.10 Å². The van der Waals surface area contributed by atoms with Crippen molar-refractivity contribution in [1.29, 1.82) is 0 Å². The summed E-state index contributed by atoms with van der Waals surface area (Å²) in [6.07, 6.45) is 1.43. The van der Waals surface area contributed by atoms with E-state index >= 15 is 0 Å². The summed E-state index contributed by atoms with van der Waals surface area (Å²) < 4.78 is 20.8. The van der Waals surface area contributed by atoms with Gasteiger partial charge in [-0.25, -0.2) is 4.79 Å². The zero-order valence-corrected chi connectivity index (χ0v) is 11.9. The van der Waals surface area contributed by atoms with Crippen molar-refractivity contribution in [2.24, 2.45) is 0 Å². The third kappa shape index (κ3) is 13.5. The van der Waals surface area contributed by atoms with Crippen molar-refractivity contribution in [2.45, 2.75) is 32.8 Å². The molecule has 114 valence electrons. The van der Waals surface area contributed by atoms with E-state index in [0.717, 1.165) is 19.4 Å². The Morgan fingerprint density at radius 3 is 1.89 bits per heavy atom. The Bertz CT molecular complexity index is 209. The van der Waals surface area contributed by atoms with E-state index in [1.54, 1.807) is 0 Å². The molecule has 0 aliphatic heterocycles. The van der Waals surface area contributed by atoms with Crippen LogP contribution in [-0.2, 0) is 23.7 Å². The number of ether oxygens (including phenoxy) is 4. The highest BCUT2D eigenvalue weighted by atomic mass is 16.6. The Morgan fingerprint density at radius 1 is 0.947 bits per heavy atom. The first-order valence-electron chi connectivity index (χ1n) is 6.76. The van der Waals surface area contributed by atoms with Gasteiger partial charge in [-0.3, -0.25) is 0 Å². The minimum Gasteiger partial charge on any atom is -0.479 e. The van der Waals surface area contributed by atoms with Crippen molar-refractivity contribution in [3.8, 4) is 0 Å². The Kier molecular flexibility index (Phi) is 13.2. The second kappa shape index (κ2) is 13.7. The summed E-state index contributed by atoms with van der Waals surface area (Å²) in [5, 5.41) is 8.56.